The van der Waals surface area contributed by atoms with Gasteiger partial charge in [0.25, 0.3) is 0 Å². The summed E-state index contributed by atoms with van der Waals surface area (Å²) in [5, 5.41) is 23.9. The lowest BCUT2D eigenvalue weighted by molar-refractivity contribution is 0.0686. The van der Waals surface area contributed by atoms with Gasteiger partial charge in [-0.15, -0.1) is 0 Å². The Morgan fingerprint density at radius 2 is 1.71 bits per heavy atom. The first kappa shape index (κ1) is 10.9. The normalized spacial score (nSPS) is 10.1. The van der Waals surface area contributed by atoms with E-state index in [0.717, 1.165) is 0 Å². The molecule has 0 aliphatic heterocycles. The molecule has 0 saturated heterocycles. The van der Waals surface area contributed by atoms with Crippen molar-refractivity contribution in [3.05, 3.63) is 41.6 Å². The van der Waals surface area contributed by atoms with Crippen molar-refractivity contribution in [2.45, 2.75) is 0 Å². The topological polar surface area (TPSA) is 103 Å². The van der Waals surface area contributed by atoms with Gasteiger partial charge in [0.1, 0.15) is 5.56 Å². The summed E-state index contributed by atoms with van der Waals surface area (Å²) in [7, 11) is 0. The average molecular weight is 232 g/mol. The highest BCUT2D eigenvalue weighted by atomic mass is 16.4. The van der Waals surface area contributed by atoms with Gasteiger partial charge in [-0.1, -0.05) is 12.1 Å². The Balaban J connectivity index is 2.43. The van der Waals surface area contributed by atoms with E-state index in [-0.39, 0.29) is 11.1 Å². The Labute approximate surface area is 95.5 Å². The first-order valence-electron chi connectivity index (χ1n) is 4.70. The minimum atomic E-state index is -1.09. The molecule has 0 radical (unpaired) electrons. The number of H-pyrrole nitrogens is 1. The fourth-order valence-corrected chi connectivity index (χ4v) is 1.45. The molecule has 17 heavy (non-hydrogen) atoms. The van der Waals surface area contributed by atoms with Gasteiger partial charge in [0.05, 0.1) is 17.5 Å². The number of nitrogens with one attached hydrogen (secondary N) is 1. The number of aromatic nitrogens is 2. The van der Waals surface area contributed by atoms with Crippen molar-refractivity contribution in [2.75, 3.05) is 0 Å². The molecule has 0 atom stereocenters. The molecule has 0 fully saturated rings. The van der Waals surface area contributed by atoms with Crippen LogP contribution >= 0.6 is 0 Å². The lowest BCUT2D eigenvalue weighted by Gasteiger charge is -2.00. The zero-order chi connectivity index (χ0) is 12.4. The van der Waals surface area contributed by atoms with Gasteiger partial charge < -0.3 is 10.2 Å². The summed E-state index contributed by atoms with van der Waals surface area (Å²) in [5.74, 6) is -2.12. The van der Waals surface area contributed by atoms with Crippen LogP contribution in [0.3, 0.4) is 0 Å². The van der Waals surface area contributed by atoms with Gasteiger partial charge in [-0.05, 0) is 12.1 Å². The smallest absolute Gasteiger partial charge is 0.339 e. The van der Waals surface area contributed by atoms with Crippen LogP contribution in [0.1, 0.15) is 20.7 Å². The van der Waals surface area contributed by atoms with E-state index in [1.807, 2.05) is 0 Å². The predicted octanol–water partition coefficient (Wildman–Crippen LogP) is 1.47. The van der Waals surface area contributed by atoms with Gasteiger partial charge in [0, 0.05) is 5.56 Å². The number of hydrogen-bond acceptors (Lipinski definition) is 3. The van der Waals surface area contributed by atoms with Gasteiger partial charge >= 0.3 is 11.9 Å². The molecule has 0 bridgehead atoms. The molecule has 0 amide bonds. The number of aromatic carboxylic acids is 2. The van der Waals surface area contributed by atoms with Gasteiger partial charge in [0.2, 0.25) is 0 Å². The molecule has 0 aliphatic carbocycles. The standard InChI is InChI=1S/C11H8N2O4/c14-10(15)7-3-1-6(2-4-7)9-8(11(16)17)5-12-13-9/h1-5H,(H,12,13)(H,14,15)(H,16,17). The van der Waals surface area contributed by atoms with Crippen LogP contribution in [0.25, 0.3) is 11.3 Å². The molecule has 6 heteroatoms. The molecule has 3 N–H and O–H groups in total. The summed E-state index contributed by atoms with van der Waals surface area (Å²) in [6.07, 6.45) is 1.21. The molecule has 2 rings (SSSR count). The summed E-state index contributed by atoms with van der Waals surface area (Å²) in [6, 6.07) is 5.88. The second-order valence-corrected chi connectivity index (χ2v) is 3.35. The number of hydrogen-bond donors (Lipinski definition) is 3. The van der Waals surface area contributed by atoms with E-state index in [4.69, 9.17) is 10.2 Å². The first-order chi connectivity index (χ1) is 8.09. The van der Waals surface area contributed by atoms with E-state index in [1.165, 1.54) is 30.5 Å². The van der Waals surface area contributed by atoms with Crippen LogP contribution in [-0.4, -0.2) is 32.3 Å². The molecule has 1 heterocycles. The van der Waals surface area contributed by atoms with Crippen LogP contribution < -0.4 is 0 Å². The van der Waals surface area contributed by atoms with E-state index in [0.29, 0.717) is 11.3 Å². The lowest BCUT2D eigenvalue weighted by Crippen LogP contribution is -1.98. The number of carboxylic acid groups (broad SMARTS) is 2. The molecular formula is C11H8N2O4. The summed E-state index contributed by atoms with van der Waals surface area (Å²) in [4.78, 5) is 21.5. The van der Waals surface area contributed by atoms with Crippen LogP contribution in [0.5, 0.6) is 0 Å². The molecule has 1 aromatic heterocycles. The number of aromatic amines is 1. The zero-order valence-electron chi connectivity index (χ0n) is 8.54. The van der Waals surface area contributed by atoms with E-state index in [1.54, 1.807) is 0 Å². The van der Waals surface area contributed by atoms with E-state index < -0.39 is 11.9 Å². The van der Waals surface area contributed by atoms with Crippen LogP contribution in [0.15, 0.2) is 30.5 Å². The van der Waals surface area contributed by atoms with E-state index in [2.05, 4.69) is 10.2 Å². The quantitative estimate of drug-likeness (QED) is 0.743. The number of rotatable bonds is 3. The van der Waals surface area contributed by atoms with E-state index >= 15 is 0 Å². The third-order valence-electron chi connectivity index (χ3n) is 2.29. The molecule has 2 aromatic rings. The van der Waals surface area contributed by atoms with Crippen molar-refractivity contribution >= 4 is 11.9 Å². The number of carbonyl (C=O) groups is 2. The highest BCUT2D eigenvalue weighted by molar-refractivity contribution is 5.95. The summed E-state index contributed by atoms with van der Waals surface area (Å²) in [5.41, 5.74) is 1.12. The van der Waals surface area contributed by atoms with Crippen LogP contribution in [0, 0.1) is 0 Å². The Kier molecular flexibility index (Phi) is 2.61. The minimum absolute atomic E-state index is 0.0491. The van der Waals surface area contributed by atoms with Crippen LogP contribution in [0.2, 0.25) is 0 Å². The molecule has 0 aliphatic rings. The maximum absolute atomic E-state index is 10.9. The first-order valence-corrected chi connectivity index (χ1v) is 4.70. The maximum atomic E-state index is 10.9. The summed E-state index contributed by atoms with van der Waals surface area (Å²) in [6.45, 7) is 0. The SMILES string of the molecule is O=C(O)c1ccc(-c2[nH]ncc2C(=O)O)cc1. The molecule has 6 nitrogen and oxygen atoms in total. The third kappa shape index (κ3) is 2.00. The van der Waals surface area contributed by atoms with Crippen molar-refractivity contribution in [1.29, 1.82) is 0 Å². The van der Waals surface area contributed by atoms with Gasteiger partial charge in [-0.25, -0.2) is 9.59 Å². The minimum Gasteiger partial charge on any atom is -0.478 e. The fraction of sp³-hybridized carbons (Fsp3) is 0. The van der Waals surface area contributed by atoms with Crippen LogP contribution in [-0.2, 0) is 0 Å². The van der Waals surface area contributed by atoms with Crippen LogP contribution in [0.4, 0.5) is 0 Å². The number of benzene rings is 1. The maximum Gasteiger partial charge on any atom is 0.339 e. The molecular weight excluding hydrogens is 224 g/mol. The molecule has 0 saturated carbocycles. The Hall–Kier alpha value is -2.63. The molecule has 86 valence electrons. The average Bonchev–Trinajstić information content (AvgIpc) is 2.78. The Morgan fingerprint density at radius 1 is 1.06 bits per heavy atom. The highest BCUT2D eigenvalue weighted by Crippen LogP contribution is 2.21. The largest absolute Gasteiger partial charge is 0.478 e. The Bertz CT molecular complexity index is 571. The van der Waals surface area contributed by atoms with Gasteiger partial charge in [-0.3, -0.25) is 5.10 Å². The number of nitrogens with zero attached hydrogens (tertiary/aromatic N) is 1. The Morgan fingerprint density at radius 3 is 2.24 bits per heavy atom. The molecule has 1 aromatic carbocycles. The lowest BCUT2D eigenvalue weighted by atomic mass is 10.1. The fourth-order valence-electron chi connectivity index (χ4n) is 1.45. The van der Waals surface area contributed by atoms with Crippen molar-refractivity contribution in [3.8, 4) is 11.3 Å². The van der Waals surface area contributed by atoms with Crippen molar-refractivity contribution in [2.24, 2.45) is 0 Å². The molecule has 0 spiro atoms. The third-order valence-corrected chi connectivity index (χ3v) is 2.29. The second kappa shape index (κ2) is 4.09. The summed E-state index contributed by atoms with van der Waals surface area (Å²) < 4.78 is 0. The molecule has 0 unspecified atom stereocenters. The predicted molar refractivity (Wildman–Crippen MR) is 57.9 cm³/mol. The zero-order valence-corrected chi connectivity index (χ0v) is 8.54. The van der Waals surface area contributed by atoms with Gasteiger partial charge in [0.15, 0.2) is 0 Å². The van der Waals surface area contributed by atoms with Crippen molar-refractivity contribution in [3.63, 3.8) is 0 Å². The van der Waals surface area contributed by atoms with E-state index in [9.17, 15) is 9.59 Å². The highest BCUT2D eigenvalue weighted by Gasteiger charge is 2.14. The van der Waals surface area contributed by atoms with Crippen molar-refractivity contribution in [1.82, 2.24) is 10.2 Å². The summed E-state index contributed by atoms with van der Waals surface area (Å²) >= 11 is 0. The second-order valence-electron chi connectivity index (χ2n) is 3.35. The van der Waals surface area contributed by atoms with Crippen molar-refractivity contribution < 1.29 is 19.8 Å². The van der Waals surface area contributed by atoms with Gasteiger partial charge in [-0.2, -0.15) is 5.10 Å². The number of carboxylic acids is 2. The monoisotopic (exact) mass is 232 g/mol.